The van der Waals surface area contributed by atoms with Crippen LogP contribution in [0.2, 0.25) is 10.0 Å². The van der Waals surface area contributed by atoms with Gasteiger partial charge in [0.2, 0.25) is 0 Å². The van der Waals surface area contributed by atoms with Crippen molar-refractivity contribution in [3.05, 3.63) is 73.2 Å². The summed E-state index contributed by atoms with van der Waals surface area (Å²) in [5, 5.41) is 8.47. The van der Waals surface area contributed by atoms with Crippen LogP contribution in [-0.2, 0) is 6.18 Å². The molecule has 0 saturated carbocycles. The number of benzene rings is 2. The van der Waals surface area contributed by atoms with Gasteiger partial charge in [0.1, 0.15) is 11.7 Å². The van der Waals surface area contributed by atoms with Gasteiger partial charge < -0.3 is 5.11 Å². The number of carbonyl (C=O) groups is 1. The third-order valence-corrected chi connectivity index (χ3v) is 5.77. The molecule has 0 aliphatic carbocycles. The highest BCUT2D eigenvalue weighted by molar-refractivity contribution is 9.10. The highest BCUT2D eigenvalue weighted by atomic mass is 79.9. The molecule has 0 amide bonds. The molecular formula is C18H8BrCl2F7O2. The van der Waals surface area contributed by atoms with E-state index in [0.717, 1.165) is 12.1 Å². The van der Waals surface area contributed by atoms with E-state index in [1.165, 1.54) is 0 Å². The first kappa shape index (κ1) is 24.5. The van der Waals surface area contributed by atoms with E-state index in [9.17, 15) is 35.5 Å². The van der Waals surface area contributed by atoms with Crippen molar-refractivity contribution in [2.75, 3.05) is 0 Å². The van der Waals surface area contributed by atoms with Crippen LogP contribution in [0.4, 0.5) is 30.7 Å². The summed E-state index contributed by atoms with van der Waals surface area (Å²) < 4.78 is 94.4. The lowest BCUT2D eigenvalue weighted by Gasteiger charge is -2.19. The smallest absolute Gasteiger partial charge is 0.417 e. The van der Waals surface area contributed by atoms with Gasteiger partial charge in [-0.05, 0) is 51.8 Å². The summed E-state index contributed by atoms with van der Waals surface area (Å²) in [6, 6.07) is 3.00. The van der Waals surface area contributed by atoms with Crippen LogP contribution in [0.25, 0.3) is 5.83 Å². The zero-order valence-corrected chi connectivity index (χ0v) is 17.3. The molecule has 1 atom stereocenters. The van der Waals surface area contributed by atoms with Crippen molar-refractivity contribution in [1.82, 2.24) is 0 Å². The van der Waals surface area contributed by atoms with E-state index in [1.807, 2.05) is 0 Å². The number of halogens is 10. The Morgan fingerprint density at radius 2 is 1.57 bits per heavy atom. The van der Waals surface area contributed by atoms with Crippen LogP contribution < -0.4 is 0 Å². The molecule has 0 fully saturated rings. The molecule has 0 heterocycles. The second-order valence-corrected chi connectivity index (χ2v) is 7.50. The number of hydrogen-bond acceptors (Lipinski definition) is 1. The van der Waals surface area contributed by atoms with Gasteiger partial charge in [0.15, 0.2) is 0 Å². The third-order valence-electron chi connectivity index (χ3n) is 3.86. The van der Waals surface area contributed by atoms with E-state index < -0.39 is 52.3 Å². The second kappa shape index (κ2) is 8.76. The Hall–Kier alpha value is -1.78. The molecule has 2 nitrogen and oxygen atoms in total. The van der Waals surface area contributed by atoms with E-state index in [2.05, 4.69) is 15.9 Å². The zero-order valence-electron chi connectivity index (χ0n) is 14.2. The van der Waals surface area contributed by atoms with E-state index in [4.69, 9.17) is 28.3 Å². The molecule has 0 unspecified atom stereocenters. The molecule has 12 heteroatoms. The summed E-state index contributed by atoms with van der Waals surface area (Å²) in [5.74, 6) is -6.16. The number of alkyl halides is 6. The predicted octanol–water partition coefficient (Wildman–Crippen LogP) is 8.13. The first-order chi connectivity index (χ1) is 13.6. The fourth-order valence-corrected chi connectivity index (χ4v) is 3.22. The normalized spacial score (nSPS) is 14.0. The lowest BCUT2D eigenvalue weighted by Crippen LogP contribution is -2.19. The summed E-state index contributed by atoms with van der Waals surface area (Å²) >= 11 is 14.5. The molecule has 0 aromatic heterocycles. The van der Waals surface area contributed by atoms with Gasteiger partial charge in [-0.1, -0.05) is 29.3 Å². The lowest BCUT2D eigenvalue weighted by atomic mass is 9.95. The van der Waals surface area contributed by atoms with Crippen molar-refractivity contribution in [3.8, 4) is 0 Å². The maximum absolute atomic E-state index is 14.6. The SMILES string of the molecule is O=C(O)c1ccc(/C(F)=C/[C@@H](c2cc(Cl)c(Br)c(Cl)c2)C(F)(F)F)cc1C(F)(F)F. The highest BCUT2D eigenvalue weighted by Gasteiger charge is 2.41. The summed E-state index contributed by atoms with van der Waals surface area (Å²) in [7, 11) is 0. The number of carboxylic acids is 1. The molecule has 2 aromatic carbocycles. The Morgan fingerprint density at radius 3 is 2.00 bits per heavy atom. The van der Waals surface area contributed by atoms with Crippen LogP contribution in [0.1, 0.15) is 33.0 Å². The lowest BCUT2D eigenvalue weighted by molar-refractivity contribution is -0.140. The average molecular weight is 540 g/mol. The Bertz CT molecular complexity index is 994. The van der Waals surface area contributed by atoms with Gasteiger partial charge in [-0.25, -0.2) is 9.18 Å². The minimum Gasteiger partial charge on any atom is -0.478 e. The molecule has 1 N–H and O–H groups in total. The first-order valence-electron chi connectivity index (χ1n) is 7.66. The monoisotopic (exact) mass is 538 g/mol. The van der Waals surface area contributed by atoms with Crippen molar-refractivity contribution in [3.63, 3.8) is 0 Å². The summed E-state index contributed by atoms with van der Waals surface area (Å²) in [6.07, 6.45) is -10.1. The van der Waals surface area contributed by atoms with Crippen LogP contribution in [0, 0.1) is 0 Å². The molecule has 0 radical (unpaired) electrons. The third kappa shape index (κ3) is 5.47. The number of rotatable bonds is 4. The Labute approximate surface area is 183 Å². The maximum atomic E-state index is 14.6. The zero-order chi connectivity index (χ0) is 23.0. The highest BCUT2D eigenvalue weighted by Crippen LogP contribution is 2.42. The Balaban J connectivity index is 2.62. The van der Waals surface area contributed by atoms with Gasteiger partial charge in [0.05, 0.1) is 25.6 Å². The molecule has 162 valence electrons. The van der Waals surface area contributed by atoms with Gasteiger partial charge in [0, 0.05) is 5.56 Å². The van der Waals surface area contributed by atoms with E-state index in [-0.39, 0.29) is 26.7 Å². The van der Waals surface area contributed by atoms with Crippen molar-refractivity contribution >= 4 is 50.9 Å². The Morgan fingerprint density at radius 1 is 1.03 bits per heavy atom. The molecule has 30 heavy (non-hydrogen) atoms. The van der Waals surface area contributed by atoms with Crippen molar-refractivity contribution in [2.24, 2.45) is 0 Å². The van der Waals surface area contributed by atoms with Gasteiger partial charge in [-0.2, -0.15) is 26.3 Å². The second-order valence-electron chi connectivity index (χ2n) is 5.90. The molecule has 0 bridgehead atoms. The first-order valence-corrected chi connectivity index (χ1v) is 9.21. The molecule has 2 aromatic rings. The minimum atomic E-state index is -5.17. The molecule has 0 aliphatic rings. The Kier molecular flexibility index (Phi) is 7.15. The molecule has 0 saturated heterocycles. The van der Waals surface area contributed by atoms with E-state index in [1.54, 1.807) is 0 Å². The number of hydrogen-bond donors (Lipinski definition) is 1. The molecule has 0 spiro atoms. The van der Waals surface area contributed by atoms with Crippen LogP contribution >= 0.6 is 39.1 Å². The van der Waals surface area contributed by atoms with E-state index >= 15 is 0 Å². The molecule has 2 rings (SSSR count). The minimum absolute atomic E-state index is 0.0613. The summed E-state index contributed by atoms with van der Waals surface area (Å²) in [5.41, 5.74) is -4.29. The van der Waals surface area contributed by atoms with Crippen LogP contribution in [-0.4, -0.2) is 17.3 Å². The van der Waals surface area contributed by atoms with Gasteiger partial charge in [-0.3, -0.25) is 0 Å². The van der Waals surface area contributed by atoms with Crippen molar-refractivity contribution < 1.29 is 40.6 Å². The standard InChI is InChI=1S/C18H8BrCl2F7O2/c19-15-12(20)4-8(5-13(15)21)10(17(23,24)25)6-14(22)7-1-2-9(16(29)30)11(3-7)18(26,27)28/h1-6,10H,(H,29,30)/b14-6-/t10-/m0/s1. The van der Waals surface area contributed by atoms with Gasteiger partial charge in [0.25, 0.3) is 0 Å². The largest absolute Gasteiger partial charge is 0.478 e. The molecule has 0 aliphatic heterocycles. The van der Waals surface area contributed by atoms with Crippen molar-refractivity contribution in [2.45, 2.75) is 18.3 Å². The number of aromatic carboxylic acids is 1. The molecular weight excluding hydrogens is 532 g/mol. The fraction of sp³-hybridized carbons (Fsp3) is 0.167. The quantitative estimate of drug-likeness (QED) is 0.314. The van der Waals surface area contributed by atoms with Gasteiger partial charge >= 0.3 is 18.3 Å². The van der Waals surface area contributed by atoms with Gasteiger partial charge in [-0.15, -0.1) is 0 Å². The van der Waals surface area contributed by atoms with Crippen LogP contribution in [0.15, 0.2) is 40.9 Å². The van der Waals surface area contributed by atoms with Crippen LogP contribution in [0.3, 0.4) is 0 Å². The topological polar surface area (TPSA) is 37.3 Å². The predicted molar refractivity (Wildman–Crippen MR) is 100 cm³/mol. The fourth-order valence-electron chi connectivity index (χ4n) is 2.49. The van der Waals surface area contributed by atoms with Crippen LogP contribution in [0.5, 0.6) is 0 Å². The average Bonchev–Trinajstić information content (AvgIpc) is 2.61. The summed E-state index contributed by atoms with van der Waals surface area (Å²) in [4.78, 5) is 10.9. The summed E-state index contributed by atoms with van der Waals surface area (Å²) in [6.45, 7) is 0. The maximum Gasteiger partial charge on any atom is 0.417 e. The number of carboxylic acid groups (broad SMARTS) is 1. The van der Waals surface area contributed by atoms with E-state index in [0.29, 0.717) is 12.1 Å². The van der Waals surface area contributed by atoms with Crippen molar-refractivity contribution in [1.29, 1.82) is 0 Å². The number of allylic oxidation sites excluding steroid dienone is 1.